The molecule has 2 radical (unpaired) electrons. The van der Waals surface area contributed by atoms with Crippen molar-refractivity contribution in [3.8, 4) is 0 Å². The molecule has 0 aliphatic carbocycles. The first kappa shape index (κ1) is 23.2. The monoisotopic (exact) mass is 446 g/mol. The van der Waals surface area contributed by atoms with Crippen molar-refractivity contribution < 1.29 is 4.74 Å². The zero-order chi connectivity index (χ0) is 23.4. The Morgan fingerprint density at radius 1 is 0.706 bits per heavy atom. The molecule has 2 heteroatoms. The number of allylic oxidation sites excluding steroid dienone is 1. The molecule has 34 heavy (non-hydrogen) atoms. The summed E-state index contributed by atoms with van der Waals surface area (Å²) < 4.78 is 6.51. The highest BCUT2D eigenvalue weighted by atomic mass is 16.5. The van der Waals surface area contributed by atoms with Gasteiger partial charge in [-0.05, 0) is 69.6 Å². The smallest absolute Gasteiger partial charge is 0.126 e. The highest BCUT2D eigenvalue weighted by Crippen LogP contribution is 2.38. The lowest BCUT2D eigenvalue weighted by atomic mass is 9.72. The Balaban J connectivity index is 1.68. The lowest BCUT2D eigenvalue weighted by Gasteiger charge is -2.31. The van der Waals surface area contributed by atoms with Crippen LogP contribution in [0.2, 0.25) is 0 Å². The summed E-state index contributed by atoms with van der Waals surface area (Å²) in [5, 5.41) is 7.66. The molecule has 0 amide bonds. The summed E-state index contributed by atoms with van der Waals surface area (Å²) in [4.78, 5) is 0. The molecule has 1 aliphatic rings. The number of benzene rings is 4. The first-order valence-corrected chi connectivity index (χ1v) is 13.2. The Kier molecular flexibility index (Phi) is 7.06. The summed E-state index contributed by atoms with van der Waals surface area (Å²) in [7, 11) is 7.13. The first-order valence-electron chi connectivity index (χ1n) is 13.2. The Bertz CT molecular complexity index is 1290. The van der Waals surface area contributed by atoms with Crippen LogP contribution in [0, 0.1) is 0 Å². The molecule has 1 nitrogen and oxygen atoms in total. The van der Waals surface area contributed by atoms with E-state index in [1.54, 1.807) is 0 Å². The molecule has 1 heterocycles. The van der Waals surface area contributed by atoms with Crippen molar-refractivity contribution in [2.75, 3.05) is 6.61 Å². The van der Waals surface area contributed by atoms with Crippen LogP contribution in [0.5, 0.6) is 0 Å². The summed E-state index contributed by atoms with van der Waals surface area (Å²) in [6.07, 6.45) is 13.1. The van der Waals surface area contributed by atoms with Gasteiger partial charge in [-0.3, -0.25) is 0 Å². The van der Waals surface area contributed by atoms with Crippen molar-refractivity contribution in [3.05, 3.63) is 83.9 Å². The SMILES string of the molecule is [B]C1(c2ccc3c4ccccc4c4ccccc4c3c2)/C=C(/CCC)CCCCCCCCO1. The quantitative estimate of drug-likeness (QED) is 0.173. The van der Waals surface area contributed by atoms with Crippen molar-refractivity contribution in [3.63, 3.8) is 0 Å². The van der Waals surface area contributed by atoms with E-state index in [4.69, 9.17) is 12.6 Å². The van der Waals surface area contributed by atoms with Crippen molar-refractivity contribution in [2.24, 2.45) is 0 Å². The van der Waals surface area contributed by atoms with Crippen LogP contribution >= 0.6 is 0 Å². The average molecular weight is 446 g/mol. The zero-order valence-corrected chi connectivity index (χ0v) is 20.5. The number of hydrogen-bond acceptors (Lipinski definition) is 1. The van der Waals surface area contributed by atoms with E-state index in [0.29, 0.717) is 6.61 Å². The van der Waals surface area contributed by atoms with Gasteiger partial charge in [-0.15, -0.1) is 0 Å². The van der Waals surface area contributed by atoms with Gasteiger partial charge in [0.25, 0.3) is 0 Å². The highest BCUT2D eigenvalue weighted by Gasteiger charge is 2.26. The molecule has 0 aromatic heterocycles. The molecule has 0 fully saturated rings. The molecule has 0 spiro atoms. The molecule has 1 aliphatic heterocycles. The van der Waals surface area contributed by atoms with Crippen LogP contribution in [0.15, 0.2) is 78.4 Å². The van der Waals surface area contributed by atoms with Gasteiger partial charge in [-0.2, -0.15) is 0 Å². The third kappa shape index (κ3) is 4.66. The topological polar surface area (TPSA) is 9.23 Å². The Labute approximate surface area is 205 Å². The van der Waals surface area contributed by atoms with E-state index < -0.39 is 5.50 Å². The molecule has 1 atom stereocenters. The minimum absolute atomic E-state index is 0.697. The first-order chi connectivity index (χ1) is 16.7. The van der Waals surface area contributed by atoms with Gasteiger partial charge in [0.1, 0.15) is 7.85 Å². The van der Waals surface area contributed by atoms with E-state index in [9.17, 15) is 0 Å². The van der Waals surface area contributed by atoms with Crippen LogP contribution < -0.4 is 0 Å². The van der Waals surface area contributed by atoms with Gasteiger partial charge in [0, 0.05) is 6.61 Å². The fourth-order valence-electron chi connectivity index (χ4n) is 5.66. The van der Waals surface area contributed by atoms with Crippen LogP contribution in [-0.2, 0) is 10.2 Å². The summed E-state index contributed by atoms with van der Waals surface area (Å²) in [6, 6.07) is 24.2. The van der Waals surface area contributed by atoms with Gasteiger partial charge in [0.05, 0.1) is 5.50 Å². The predicted molar refractivity (Wildman–Crippen MR) is 148 cm³/mol. The molecule has 172 valence electrons. The van der Waals surface area contributed by atoms with E-state index >= 15 is 0 Å². The Hall–Kier alpha value is -2.58. The summed E-state index contributed by atoms with van der Waals surface area (Å²) in [5.74, 6) is 0. The van der Waals surface area contributed by atoms with Gasteiger partial charge in [0.2, 0.25) is 0 Å². The van der Waals surface area contributed by atoms with Crippen molar-refractivity contribution in [2.45, 2.75) is 70.2 Å². The molecule has 0 N–H and O–H groups in total. The van der Waals surface area contributed by atoms with E-state index in [1.807, 2.05) is 0 Å². The second-order valence-electron chi connectivity index (χ2n) is 9.92. The minimum atomic E-state index is -0.898. The molecular weight excluding hydrogens is 411 g/mol. The third-order valence-corrected chi connectivity index (χ3v) is 7.42. The summed E-state index contributed by atoms with van der Waals surface area (Å²) >= 11 is 0. The molecule has 4 aromatic carbocycles. The molecular formula is C32H35BO. The molecule has 0 saturated heterocycles. The fourth-order valence-corrected chi connectivity index (χ4v) is 5.66. The van der Waals surface area contributed by atoms with Crippen LogP contribution in [-0.4, -0.2) is 14.5 Å². The minimum Gasteiger partial charge on any atom is -0.376 e. The van der Waals surface area contributed by atoms with Crippen LogP contribution in [0.1, 0.15) is 70.3 Å². The maximum absolute atomic E-state index is 7.13. The van der Waals surface area contributed by atoms with E-state index in [-0.39, 0.29) is 0 Å². The lowest BCUT2D eigenvalue weighted by molar-refractivity contribution is 0.0473. The fraction of sp³-hybridized carbons (Fsp3) is 0.375. The van der Waals surface area contributed by atoms with Crippen molar-refractivity contribution in [1.29, 1.82) is 0 Å². The largest absolute Gasteiger partial charge is 0.376 e. The third-order valence-electron chi connectivity index (χ3n) is 7.42. The van der Waals surface area contributed by atoms with E-state index in [1.165, 1.54) is 70.0 Å². The van der Waals surface area contributed by atoms with Crippen LogP contribution in [0.4, 0.5) is 0 Å². The predicted octanol–water partition coefficient (Wildman–Crippen LogP) is 8.95. The maximum atomic E-state index is 7.13. The molecule has 1 unspecified atom stereocenters. The van der Waals surface area contributed by atoms with E-state index in [2.05, 4.69) is 79.7 Å². The van der Waals surface area contributed by atoms with Crippen molar-refractivity contribution >= 4 is 40.2 Å². The van der Waals surface area contributed by atoms with Gasteiger partial charge in [-0.1, -0.05) is 111 Å². The average Bonchev–Trinajstić information content (AvgIpc) is 2.87. The van der Waals surface area contributed by atoms with Crippen LogP contribution in [0.3, 0.4) is 0 Å². The summed E-state index contributed by atoms with van der Waals surface area (Å²) in [6.45, 7) is 2.95. The molecule has 0 saturated carbocycles. The number of fused-ring (bicyclic) bond motifs is 6. The van der Waals surface area contributed by atoms with E-state index in [0.717, 1.165) is 31.2 Å². The molecule has 0 bridgehead atoms. The zero-order valence-electron chi connectivity index (χ0n) is 20.5. The molecule has 5 rings (SSSR count). The Morgan fingerprint density at radius 2 is 1.26 bits per heavy atom. The maximum Gasteiger partial charge on any atom is 0.126 e. The second kappa shape index (κ2) is 10.4. The highest BCUT2D eigenvalue weighted by molar-refractivity contribution is 6.25. The number of ether oxygens (including phenoxy) is 1. The van der Waals surface area contributed by atoms with Gasteiger partial charge in [-0.25, -0.2) is 0 Å². The number of rotatable bonds is 3. The van der Waals surface area contributed by atoms with Gasteiger partial charge in [0.15, 0.2) is 0 Å². The van der Waals surface area contributed by atoms with Crippen molar-refractivity contribution in [1.82, 2.24) is 0 Å². The normalized spacial score (nSPS) is 22.2. The van der Waals surface area contributed by atoms with Crippen LogP contribution in [0.25, 0.3) is 32.3 Å². The Morgan fingerprint density at radius 3 is 1.91 bits per heavy atom. The molecule has 4 aromatic rings. The number of hydrogen-bond donors (Lipinski definition) is 0. The standard InChI is InChI=1S/C32H35BO/c1-2-13-24-14-7-5-3-4-6-12-21-34-32(33,23-24)25-19-20-30-28-17-9-8-15-26(28)27-16-10-11-18-29(27)31(30)22-25/h8-11,15-20,22-23H,2-7,12-14,21H2,1H3/b24-23-. The van der Waals surface area contributed by atoms with Gasteiger partial charge >= 0.3 is 0 Å². The lowest BCUT2D eigenvalue weighted by Crippen LogP contribution is -2.29. The van der Waals surface area contributed by atoms with Gasteiger partial charge < -0.3 is 4.74 Å². The summed E-state index contributed by atoms with van der Waals surface area (Å²) in [5.41, 5.74) is 1.59. The second-order valence-corrected chi connectivity index (χ2v) is 9.92.